The van der Waals surface area contributed by atoms with Crippen LogP contribution in [0.2, 0.25) is 0 Å². The first-order valence-electron chi connectivity index (χ1n) is 6.64. The lowest BCUT2D eigenvalue weighted by molar-refractivity contribution is -0.614. The summed E-state index contributed by atoms with van der Waals surface area (Å²) in [5.74, 6) is 0. The van der Waals surface area contributed by atoms with Gasteiger partial charge in [-0.15, -0.1) is 0 Å². The van der Waals surface area contributed by atoms with E-state index < -0.39 is 6.09 Å². The first kappa shape index (κ1) is 13.6. The van der Waals surface area contributed by atoms with E-state index in [4.69, 9.17) is 0 Å². The highest BCUT2D eigenvalue weighted by atomic mass is 16.5. The Labute approximate surface area is 113 Å². The van der Waals surface area contributed by atoms with Crippen molar-refractivity contribution >= 4 is 11.8 Å². The number of amides is 1. The predicted molar refractivity (Wildman–Crippen MR) is 72.4 cm³/mol. The summed E-state index contributed by atoms with van der Waals surface area (Å²) in [7, 11) is 0. The molecule has 1 aliphatic rings. The topological polar surface area (TPSA) is 67.5 Å². The molecular formula is C14H20N2O3. The number of hydrogen-bond acceptors (Lipinski definition) is 2. The van der Waals surface area contributed by atoms with Crippen LogP contribution in [-0.4, -0.2) is 17.7 Å². The minimum absolute atomic E-state index is 0.316. The third-order valence-electron chi connectivity index (χ3n) is 3.70. The summed E-state index contributed by atoms with van der Waals surface area (Å²) in [6.07, 6.45) is 3.20. The van der Waals surface area contributed by atoms with Crippen LogP contribution >= 0.6 is 0 Å². The molecule has 104 valence electrons. The number of rotatable bonds is 3. The van der Waals surface area contributed by atoms with Crippen molar-refractivity contribution in [2.45, 2.75) is 45.4 Å². The Hall–Kier alpha value is -1.78. The van der Waals surface area contributed by atoms with Gasteiger partial charge in [0.25, 0.3) is 0 Å². The Balaban J connectivity index is 2.47. The van der Waals surface area contributed by atoms with Gasteiger partial charge >= 0.3 is 6.09 Å². The van der Waals surface area contributed by atoms with Gasteiger partial charge in [0, 0.05) is 30.0 Å². The Kier molecular flexibility index (Phi) is 3.39. The van der Waals surface area contributed by atoms with Crippen LogP contribution in [0.15, 0.2) is 12.3 Å². The number of carboxylic acid groups (broad SMARTS) is 1. The minimum Gasteiger partial charge on any atom is -0.618 e. The van der Waals surface area contributed by atoms with Crippen molar-refractivity contribution in [2.24, 2.45) is 0 Å². The van der Waals surface area contributed by atoms with Crippen molar-refractivity contribution in [1.29, 1.82) is 0 Å². The molecule has 19 heavy (non-hydrogen) atoms. The number of aryl methyl sites for hydroxylation is 1. The largest absolute Gasteiger partial charge is 0.618 e. The van der Waals surface area contributed by atoms with Crippen LogP contribution in [0.25, 0.3) is 0 Å². The maximum absolute atomic E-state index is 12.0. The van der Waals surface area contributed by atoms with E-state index >= 15 is 0 Å². The number of aromatic nitrogens is 1. The van der Waals surface area contributed by atoms with Crippen molar-refractivity contribution in [3.05, 3.63) is 28.7 Å². The van der Waals surface area contributed by atoms with Crippen molar-refractivity contribution in [3.8, 4) is 0 Å². The Bertz CT molecular complexity index is 512. The Morgan fingerprint density at radius 2 is 2.26 bits per heavy atom. The van der Waals surface area contributed by atoms with E-state index in [0.717, 1.165) is 23.1 Å². The third-order valence-corrected chi connectivity index (χ3v) is 3.70. The highest BCUT2D eigenvalue weighted by molar-refractivity contribution is 5.89. The number of anilines is 1. The van der Waals surface area contributed by atoms with Gasteiger partial charge in [-0.2, -0.15) is 4.73 Å². The quantitative estimate of drug-likeness (QED) is 0.673. The van der Waals surface area contributed by atoms with Crippen molar-refractivity contribution in [3.63, 3.8) is 0 Å². The normalized spacial score (nSPS) is 16.5. The average Bonchev–Trinajstić information content (AvgIpc) is 2.59. The van der Waals surface area contributed by atoms with Gasteiger partial charge in [-0.05, 0) is 6.42 Å². The molecule has 1 aromatic rings. The second-order valence-corrected chi connectivity index (χ2v) is 5.75. The third kappa shape index (κ3) is 2.37. The lowest BCUT2D eigenvalue weighted by Gasteiger charge is -2.17. The first-order chi connectivity index (χ1) is 8.86. The van der Waals surface area contributed by atoms with Crippen LogP contribution in [-0.2, 0) is 11.8 Å². The van der Waals surface area contributed by atoms with Gasteiger partial charge in [0.05, 0.1) is 5.69 Å². The van der Waals surface area contributed by atoms with E-state index in [1.165, 1.54) is 4.90 Å². The molecule has 1 aliphatic heterocycles. The summed E-state index contributed by atoms with van der Waals surface area (Å²) in [5, 5.41) is 21.3. The van der Waals surface area contributed by atoms with Gasteiger partial charge in [0.2, 0.25) is 0 Å². The predicted octanol–water partition coefficient (Wildman–Crippen LogP) is 2.44. The van der Waals surface area contributed by atoms with E-state index in [0.29, 0.717) is 24.3 Å². The van der Waals surface area contributed by atoms with Gasteiger partial charge in [-0.3, -0.25) is 4.90 Å². The molecule has 0 aromatic carbocycles. The summed E-state index contributed by atoms with van der Waals surface area (Å²) in [5.41, 5.74) is 1.80. The summed E-state index contributed by atoms with van der Waals surface area (Å²) in [6, 6.07) is 1.74. The fraction of sp³-hybridized carbons (Fsp3) is 0.571. The minimum atomic E-state index is -0.961. The standard InChI is InChI=1S/C14H20N2O3/c1-4-5-6-10-7-12-11(8-16(10)19)14(2,3)9-15(12)13(17)18/h7-8H,4-6,9H2,1-3H3,(H,17,18). The molecule has 0 radical (unpaired) electrons. The maximum atomic E-state index is 12.0. The molecule has 5 heteroatoms. The smallest absolute Gasteiger partial charge is 0.411 e. The van der Waals surface area contributed by atoms with Gasteiger partial charge in [0.15, 0.2) is 11.9 Å². The van der Waals surface area contributed by atoms with E-state index in [9.17, 15) is 15.1 Å². The van der Waals surface area contributed by atoms with Crippen molar-refractivity contribution in [1.82, 2.24) is 0 Å². The molecule has 0 fully saturated rings. The zero-order valence-electron chi connectivity index (χ0n) is 11.6. The molecule has 0 unspecified atom stereocenters. The zero-order chi connectivity index (χ0) is 14.2. The first-order valence-corrected chi connectivity index (χ1v) is 6.64. The molecule has 1 N–H and O–H groups in total. The number of pyridine rings is 1. The van der Waals surface area contributed by atoms with E-state index in [2.05, 4.69) is 6.92 Å². The highest BCUT2D eigenvalue weighted by Gasteiger charge is 2.40. The van der Waals surface area contributed by atoms with Gasteiger partial charge in [0.1, 0.15) is 0 Å². The molecule has 1 aromatic heterocycles. The van der Waals surface area contributed by atoms with E-state index in [1.54, 1.807) is 12.3 Å². The molecule has 5 nitrogen and oxygen atoms in total. The number of hydrogen-bond donors (Lipinski definition) is 1. The Morgan fingerprint density at radius 1 is 1.58 bits per heavy atom. The van der Waals surface area contributed by atoms with Crippen molar-refractivity contribution < 1.29 is 14.6 Å². The summed E-state index contributed by atoms with van der Waals surface area (Å²) in [6.45, 7) is 6.38. The molecule has 0 bridgehead atoms. The SMILES string of the molecule is CCCCc1cc2c(c[n+]1[O-])C(C)(C)CN2C(=O)O. The number of fused-ring (bicyclic) bond motifs is 1. The monoisotopic (exact) mass is 264 g/mol. The molecule has 0 atom stereocenters. The average molecular weight is 264 g/mol. The van der Waals surface area contributed by atoms with E-state index in [-0.39, 0.29) is 5.41 Å². The van der Waals surface area contributed by atoms with Crippen LogP contribution in [0.1, 0.15) is 44.9 Å². The number of unbranched alkanes of at least 4 members (excludes halogenated alkanes) is 1. The number of carbonyl (C=O) groups is 1. The van der Waals surface area contributed by atoms with Crippen LogP contribution in [0, 0.1) is 5.21 Å². The zero-order valence-corrected chi connectivity index (χ0v) is 11.6. The summed E-state index contributed by atoms with van der Waals surface area (Å²) in [4.78, 5) is 12.6. The van der Waals surface area contributed by atoms with Crippen LogP contribution < -0.4 is 9.63 Å². The van der Waals surface area contributed by atoms with Crippen molar-refractivity contribution in [2.75, 3.05) is 11.4 Å². The fourth-order valence-electron chi connectivity index (χ4n) is 2.59. The summed E-state index contributed by atoms with van der Waals surface area (Å²) >= 11 is 0. The van der Waals surface area contributed by atoms with Gasteiger partial charge in [-0.1, -0.05) is 27.2 Å². The van der Waals surface area contributed by atoms with E-state index in [1.807, 2.05) is 13.8 Å². The molecule has 1 amide bonds. The Morgan fingerprint density at radius 3 is 2.84 bits per heavy atom. The van der Waals surface area contributed by atoms with Crippen LogP contribution in [0.3, 0.4) is 0 Å². The number of nitrogens with zero attached hydrogens (tertiary/aromatic N) is 2. The second-order valence-electron chi connectivity index (χ2n) is 5.75. The van der Waals surface area contributed by atoms with Crippen LogP contribution in [0.4, 0.5) is 10.5 Å². The molecule has 2 heterocycles. The lowest BCUT2D eigenvalue weighted by atomic mass is 9.88. The molecule has 0 saturated carbocycles. The molecular weight excluding hydrogens is 244 g/mol. The molecule has 0 saturated heterocycles. The fourth-order valence-corrected chi connectivity index (χ4v) is 2.59. The molecule has 2 rings (SSSR count). The van der Waals surface area contributed by atoms with Gasteiger partial charge in [-0.25, -0.2) is 4.79 Å². The highest BCUT2D eigenvalue weighted by Crippen LogP contribution is 2.39. The maximum Gasteiger partial charge on any atom is 0.411 e. The second kappa shape index (κ2) is 4.72. The molecule has 0 spiro atoms. The summed E-state index contributed by atoms with van der Waals surface area (Å²) < 4.78 is 0.890. The van der Waals surface area contributed by atoms with Crippen LogP contribution in [0.5, 0.6) is 0 Å². The van der Waals surface area contributed by atoms with Gasteiger partial charge < -0.3 is 10.3 Å². The lowest BCUT2D eigenvalue weighted by Crippen LogP contribution is -2.33. The molecule has 0 aliphatic carbocycles.